The van der Waals surface area contributed by atoms with E-state index in [1.165, 1.54) is 0 Å². The normalized spacial score (nSPS) is 24.9. The molecular weight excluding hydrogens is 255 g/mol. The van der Waals surface area contributed by atoms with E-state index in [4.69, 9.17) is 15.0 Å². The molecule has 0 aromatic carbocycles. The maximum absolute atomic E-state index is 10.8. The van der Waals surface area contributed by atoms with Gasteiger partial charge in [-0.3, -0.25) is 4.79 Å². The minimum Gasteiger partial charge on any atom is -0.481 e. The van der Waals surface area contributed by atoms with Crippen LogP contribution in [-0.4, -0.2) is 40.4 Å². The fourth-order valence-corrected chi connectivity index (χ4v) is 2.06. The van der Waals surface area contributed by atoms with Crippen LogP contribution in [0.4, 0.5) is 13.2 Å². The number of halogens is 3. The Morgan fingerprint density at radius 1 is 1.22 bits per heavy atom. The minimum absolute atomic E-state index is 0.0179. The maximum Gasteiger partial charge on any atom is 0.490 e. The van der Waals surface area contributed by atoms with Gasteiger partial charge in [-0.15, -0.1) is 0 Å². The molecular formula is C10H14F3NO4. The Kier molecular flexibility index (Phi) is 4.20. The van der Waals surface area contributed by atoms with E-state index in [9.17, 15) is 18.0 Å². The van der Waals surface area contributed by atoms with Crippen molar-refractivity contribution >= 4 is 11.9 Å². The summed E-state index contributed by atoms with van der Waals surface area (Å²) in [6, 6.07) is 0. The molecule has 1 saturated carbocycles. The molecule has 0 amide bonds. The van der Waals surface area contributed by atoms with E-state index in [1.807, 2.05) is 0 Å². The van der Waals surface area contributed by atoms with E-state index in [1.54, 1.807) is 0 Å². The molecule has 0 aromatic heterocycles. The van der Waals surface area contributed by atoms with Crippen molar-refractivity contribution in [1.29, 1.82) is 0 Å². The highest BCUT2D eigenvalue weighted by atomic mass is 19.4. The van der Waals surface area contributed by atoms with Crippen molar-refractivity contribution < 1.29 is 33.0 Å². The van der Waals surface area contributed by atoms with E-state index in [0.29, 0.717) is 0 Å². The SMILES string of the molecule is O=C(O)C(F)(F)F.O=C(O)C1CCCNC12CC2. The van der Waals surface area contributed by atoms with Gasteiger partial charge in [0.15, 0.2) is 0 Å². The van der Waals surface area contributed by atoms with E-state index in [0.717, 1.165) is 32.2 Å². The number of hydrogen-bond donors (Lipinski definition) is 3. The fraction of sp³-hybridized carbons (Fsp3) is 0.800. The van der Waals surface area contributed by atoms with Crippen molar-refractivity contribution in [2.75, 3.05) is 6.54 Å². The topological polar surface area (TPSA) is 86.6 Å². The first-order valence-electron chi connectivity index (χ1n) is 5.47. The standard InChI is InChI=1S/C8H13NO2.C2HF3O2/c10-7(11)6-2-1-5-9-8(6)3-4-8;3-2(4,5)1(6)7/h6,9H,1-5H2,(H,10,11);(H,6,7). The molecule has 0 radical (unpaired) electrons. The highest BCUT2D eigenvalue weighted by Gasteiger charge is 2.53. The van der Waals surface area contributed by atoms with Crippen LogP contribution >= 0.6 is 0 Å². The lowest BCUT2D eigenvalue weighted by Gasteiger charge is -2.29. The van der Waals surface area contributed by atoms with Crippen LogP contribution in [-0.2, 0) is 9.59 Å². The van der Waals surface area contributed by atoms with Crippen molar-refractivity contribution in [3.05, 3.63) is 0 Å². The molecule has 3 N–H and O–H groups in total. The molecule has 0 bridgehead atoms. The Bertz CT molecular complexity index is 339. The predicted molar refractivity (Wildman–Crippen MR) is 54.0 cm³/mol. The second kappa shape index (κ2) is 5.13. The van der Waals surface area contributed by atoms with E-state index >= 15 is 0 Å². The molecule has 1 heterocycles. The van der Waals surface area contributed by atoms with Gasteiger partial charge in [0.05, 0.1) is 5.92 Å². The van der Waals surface area contributed by atoms with Crippen LogP contribution < -0.4 is 5.32 Å². The zero-order chi connectivity index (χ0) is 14.0. The average Bonchev–Trinajstić information content (AvgIpc) is 2.98. The van der Waals surface area contributed by atoms with Crippen molar-refractivity contribution in [1.82, 2.24) is 5.32 Å². The van der Waals surface area contributed by atoms with Crippen molar-refractivity contribution in [2.45, 2.75) is 37.4 Å². The third-order valence-electron chi connectivity index (χ3n) is 3.14. The Labute approximate surface area is 101 Å². The van der Waals surface area contributed by atoms with E-state index in [-0.39, 0.29) is 11.5 Å². The fourth-order valence-electron chi connectivity index (χ4n) is 2.06. The van der Waals surface area contributed by atoms with Crippen LogP contribution in [0.15, 0.2) is 0 Å². The van der Waals surface area contributed by atoms with Gasteiger partial charge < -0.3 is 15.5 Å². The molecule has 2 rings (SSSR count). The smallest absolute Gasteiger partial charge is 0.481 e. The van der Waals surface area contributed by atoms with Gasteiger partial charge in [-0.25, -0.2) is 4.79 Å². The van der Waals surface area contributed by atoms with E-state index < -0.39 is 18.1 Å². The largest absolute Gasteiger partial charge is 0.490 e. The van der Waals surface area contributed by atoms with Gasteiger partial charge in [0.1, 0.15) is 0 Å². The summed E-state index contributed by atoms with van der Waals surface area (Å²) in [5.74, 6) is -3.49. The Morgan fingerprint density at radius 2 is 1.72 bits per heavy atom. The Hall–Kier alpha value is -1.31. The molecule has 1 unspecified atom stereocenters. The van der Waals surface area contributed by atoms with Crippen LogP contribution in [0.25, 0.3) is 0 Å². The lowest BCUT2D eigenvalue weighted by atomic mass is 9.89. The highest BCUT2D eigenvalue weighted by molar-refractivity contribution is 5.73. The molecule has 1 spiro atoms. The first-order valence-corrected chi connectivity index (χ1v) is 5.47. The number of aliphatic carboxylic acids is 2. The molecule has 0 aromatic rings. The Balaban J connectivity index is 0.000000203. The summed E-state index contributed by atoms with van der Waals surface area (Å²) in [5, 5.41) is 19.3. The highest BCUT2D eigenvalue weighted by Crippen LogP contribution is 2.46. The molecule has 1 atom stereocenters. The van der Waals surface area contributed by atoms with Gasteiger partial charge in [-0.2, -0.15) is 13.2 Å². The second-order valence-electron chi connectivity index (χ2n) is 4.42. The molecule has 1 saturated heterocycles. The summed E-state index contributed by atoms with van der Waals surface area (Å²) in [6.07, 6.45) is -1.09. The number of alkyl halides is 3. The van der Waals surface area contributed by atoms with Crippen LogP contribution in [0.2, 0.25) is 0 Å². The quantitative estimate of drug-likeness (QED) is 0.666. The number of carboxylic acid groups (broad SMARTS) is 2. The van der Waals surface area contributed by atoms with E-state index in [2.05, 4.69) is 5.32 Å². The number of hydrogen-bond acceptors (Lipinski definition) is 3. The molecule has 2 aliphatic rings. The van der Waals surface area contributed by atoms with Crippen LogP contribution in [0.3, 0.4) is 0 Å². The van der Waals surface area contributed by atoms with Gasteiger partial charge in [-0.05, 0) is 32.2 Å². The number of carboxylic acids is 2. The zero-order valence-electron chi connectivity index (χ0n) is 9.46. The summed E-state index contributed by atoms with van der Waals surface area (Å²) in [6.45, 7) is 1.00. The van der Waals surface area contributed by atoms with Gasteiger partial charge in [0.25, 0.3) is 0 Å². The summed E-state index contributed by atoms with van der Waals surface area (Å²) in [7, 11) is 0. The molecule has 2 fully saturated rings. The third-order valence-corrected chi connectivity index (χ3v) is 3.14. The average molecular weight is 269 g/mol. The van der Waals surface area contributed by atoms with Crippen molar-refractivity contribution in [3.63, 3.8) is 0 Å². The number of rotatable bonds is 1. The number of nitrogens with one attached hydrogen (secondary N) is 1. The molecule has 8 heteroatoms. The summed E-state index contributed by atoms with van der Waals surface area (Å²) >= 11 is 0. The van der Waals surface area contributed by atoms with Gasteiger partial charge >= 0.3 is 18.1 Å². The van der Waals surface area contributed by atoms with Gasteiger partial charge in [0.2, 0.25) is 0 Å². The first-order chi connectivity index (χ1) is 8.19. The molecule has 18 heavy (non-hydrogen) atoms. The number of piperidine rings is 1. The summed E-state index contributed by atoms with van der Waals surface area (Å²) in [4.78, 5) is 19.7. The molecule has 1 aliphatic carbocycles. The predicted octanol–water partition coefficient (Wildman–Crippen LogP) is 1.24. The third kappa shape index (κ3) is 3.59. The van der Waals surface area contributed by atoms with Crippen LogP contribution in [0.5, 0.6) is 0 Å². The monoisotopic (exact) mass is 269 g/mol. The maximum atomic E-state index is 10.8. The molecule has 5 nitrogen and oxygen atoms in total. The zero-order valence-corrected chi connectivity index (χ0v) is 9.46. The lowest BCUT2D eigenvalue weighted by molar-refractivity contribution is -0.192. The molecule has 1 aliphatic heterocycles. The minimum atomic E-state index is -5.08. The van der Waals surface area contributed by atoms with Crippen LogP contribution in [0, 0.1) is 5.92 Å². The Morgan fingerprint density at radius 3 is 2.00 bits per heavy atom. The van der Waals surface area contributed by atoms with Gasteiger partial charge in [0, 0.05) is 5.54 Å². The second-order valence-corrected chi connectivity index (χ2v) is 4.42. The lowest BCUT2D eigenvalue weighted by Crippen LogP contribution is -2.46. The summed E-state index contributed by atoms with van der Waals surface area (Å²) in [5.41, 5.74) is 0.0179. The summed E-state index contributed by atoms with van der Waals surface area (Å²) < 4.78 is 31.7. The van der Waals surface area contributed by atoms with Gasteiger partial charge in [-0.1, -0.05) is 0 Å². The van der Waals surface area contributed by atoms with Crippen LogP contribution in [0.1, 0.15) is 25.7 Å². The first kappa shape index (κ1) is 14.7. The van der Waals surface area contributed by atoms with Crippen molar-refractivity contribution in [2.24, 2.45) is 5.92 Å². The number of carbonyl (C=O) groups is 2. The van der Waals surface area contributed by atoms with Crippen molar-refractivity contribution in [3.8, 4) is 0 Å². The molecule has 104 valence electrons.